The molecule has 0 aromatic heterocycles. The summed E-state index contributed by atoms with van der Waals surface area (Å²) in [5.41, 5.74) is 0. The molecule has 0 unspecified atom stereocenters. The zero-order valence-corrected chi connectivity index (χ0v) is 13.7. The molecule has 0 aromatic carbocycles. The summed E-state index contributed by atoms with van der Waals surface area (Å²) in [6.07, 6.45) is 9.42. The van der Waals surface area contributed by atoms with Crippen LogP contribution in [0.4, 0.5) is 4.79 Å². The average molecular weight is 311 g/mol. The number of unbranched alkanes of at least 4 members (excludes halogenated alkanes) is 5. The van der Waals surface area contributed by atoms with Crippen molar-refractivity contribution in [3.63, 3.8) is 0 Å². The van der Waals surface area contributed by atoms with Crippen LogP contribution in [0.15, 0.2) is 12.7 Å². The summed E-state index contributed by atoms with van der Waals surface area (Å²) < 4.78 is 10.3. The number of amides is 1. The molecule has 126 valence electrons. The molecule has 1 heterocycles. The van der Waals surface area contributed by atoms with Gasteiger partial charge < -0.3 is 9.47 Å². The van der Waals surface area contributed by atoms with Crippen molar-refractivity contribution in [2.45, 2.75) is 64.3 Å². The van der Waals surface area contributed by atoms with Crippen LogP contribution < -0.4 is 0 Å². The van der Waals surface area contributed by atoms with Gasteiger partial charge in [0.25, 0.3) is 0 Å². The topological polar surface area (TPSA) is 55.8 Å². The third-order valence-electron chi connectivity index (χ3n) is 3.83. The van der Waals surface area contributed by atoms with E-state index in [0.717, 1.165) is 19.3 Å². The van der Waals surface area contributed by atoms with E-state index in [1.165, 1.54) is 36.7 Å². The maximum Gasteiger partial charge on any atom is 0.410 e. The lowest BCUT2D eigenvalue weighted by Crippen LogP contribution is -2.41. The molecule has 0 spiro atoms. The van der Waals surface area contributed by atoms with Crippen LogP contribution in [0.25, 0.3) is 0 Å². The number of nitrogens with zero attached hydrogens (tertiary/aromatic N) is 1. The van der Waals surface area contributed by atoms with Crippen molar-refractivity contribution in [1.82, 2.24) is 4.90 Å². The monoisotopic (exact) mass is 311 g/mol. The molecule has 0 aliphatic carbocycles. The van der Waals surface area contributed by atoms with E-state index in [-0.39, 0.29) is 12.6 Å². The van der Waals surface area contributed by atoms with Crippen molar-refractivity contribution in [2.75, 3.05) is 19.8 Å². The predicted molar refractivity (Wildman–Crippen MR) is 85.6 cm³/mol. The molecule has 1 amide bonds. The number of carbonyl (C=O) groups excluding carboxylic acids is 2. The fraction of sp³-hybridized carbons (Fsp3) is 0.765. The van der Waals surface area contributed by atoms with E-state index in [1.54, 1.807) is 0 Å². The number of hydrogen-bond donors (Lipinski definition) is 0. The zero-order chi connectivity index (χ0) is 16.2. The molecule has 1 aliphatic rings. The molecule has 0 saturated carbocycles. The second kappa shape index (κ2) is 11.1. The Labute approximate surface area is 133 Å². The number of hydrogen-bond acceptors (Lipinski definition) is 4. The van der Waals surface area contributed by atoms with Gasteiger partial charge in [-0.2, -0.15) is 0 Å². The Morgan fingerprint density at radius 1 is 1.18 bits per heavy atom. The molecule has 0 radical (unpaired) electrons. The van der Waals surface area contributed by atoms with Crippen molar-refractivity contribution in [2.24, 2.45) is 0 Å². The molecular weight excluding hydrogens is 282 g/mol. The van der Waals surface area contributed by atoms with E-state index in [2.05, 4.69) is 13.5 Å². The van der Waals surface area contributed by atoms with Crippen LogP contribution in [0.2, 0.25) is 0 Å². The first kappa shape index (κ1) is 18.5. The fourth-order valence-corrected chi connectivity index (χ4v) is 2.59. The SMILES string of the molecule is C=CCOC(=O)N1CCC[C@H]1C(=O)OCCCCCCCC. The molecule has 0 bridgehead atoms. The average Bonchev–Trinajstić information content (AvgIpc) is 3.01. The van der Waals surface area contributed by atoms with Gasteiger partial charge in [-0.05, 0) is 19.3 Å². The number of rotatable bonds is 10. The van der Waals surface area contributed by atoms with Gasteiger partial charge in [0.1, 0.15) is 12.6 Å². The summed E-state index contributed by atoms with van der Waals surface area (Å²) >= 11 is 0. The standard InChI is InChI=1S/C17H29NO4/c1-3-5-6-7-8-9-14-21-16(19)15-11-10-12-18(15)17(20)22-13-4-2/h4,15H,2-3,5-14H2,1H3/t15-/m0/s1. The van der Waals surface area contributed by atoms with Crippen LogP contribution in [-0.2, 0) is 14.3 Å². The van der Waals surface area contributed by atoms with Crippen LogP contribution in [0.1, 0.15) is 58.3 Å². The lowest BCUT2D eigenvalue weighted by atomic mass is 10.1. The van der Waals surface area contributed by atoms with Crippen molar-refractivity contribution < 1.29 is 19.1 Å². The van der Waals surface area contributed by atoms with Crippen LogP contribution in [0.3, 0.4) is 0 Å². The highest BCUT2D eigenvalue weighted by Gasteiger charge is 2.36. The van der Waals surface area contributed by atoms with Gasteiger partial charge in [0.2, 0.25) is 0 Å². The van der Waals surface area contributed by atoms with Crippen LogP contribution >= 0.6 is 0 Å². The first-order valence-corrected chi connectivity index (χ1v) is 8.41. The van der Waals surface area contributed by atoms with E-state index < -0.39 is 12.1 Å². The highest BCUT2D eigenvalue weighted by Crippen LogP contribution is 2.19. The van der Waals surface area contributed by atoms with Gasteiger partial charge >= 0.3 is 12.1 Å². The second-order valence-corrected chi connectivity index (χ2v) is 5.65. The minimum atomic E-state index is -0.489. The molecule has 5 heteroatoms. The van der Waals surface area contributed by atoms with Crippen molar-refractivity contribution in [1.29, 1.82) is 0 Å². The van der Waals surface area contributed by atoms with E-state index >= 15 is 0 Å². The lowest BCUT2D eigenvalue weighted by Gasteiger charge is -2.22. The van der Waals surface area contributed by atoms with Crippen LogP contribution in [-0.4, -0.2) is 42.8 Å². The maximum atomic E-state index is 12.1. The lowest BCUT2D eigenvalue weighted by molar-refractivity contribution is -0.148. The van der Waals surface area contributed by atoms with Gasteiger partial charge in [-0.25, -0.2) is 9.59 Å². The van der Waals surface area contributed by atoms with Crippen molar-refractivity contribution in [3.8, 4) is 0 Å². The third-order valence-corrected chi connectivity index (χ3v) is 3.83. The number of esters is 1. The van der Waals surface area contributed by atoms with E-state index in [0.29, 0.717) is 19.6 Å². The first-order valence-electron chi connectivity index (χ1n) is 8.41. The van der Waals surface area contributed by atoms with E-state index in [4.69, 9.17) is 9.47 Å². The van der Waals surface area contributed by atoms with Gasteiger partial charge in [-0.3, -0.25) is 4.90 Å². The number of ether oxygens (including phenoxy) is 2. The van der Waals surface area contributed by atoms with Crippen molar-refractivity contribution >= 4 is 12.1 Å². The summed E-state index contributed by atoms with van der Waals surface area (Å²) in [7, 11) is 0. The van der Waals surface area contributed by atoms with E-state index in [1.807, 2.05) is 0 Å². The molecule has 1 aliphatic heterocycles. The third kappa shape index (κ3) is 6.50. The largest absolute Gasteiger partial charge is 0.464 e. The van der Waals surface area contributed by atoms with E-state index in [9.17, 15) is 9.59 Å². The van der Waals surface area contributed by atoms with Gasteiger partial charge in [0.15, 0.2) is 0 Å². The molecular formula is C17H29NO4. The molecule has 1 rings (SSSR count). The summed E-state index contributed by atoms with van der Waals surface area (Å²) in [6, 6.07) is -0.489. The molecule has 22 heavy (non-hydrogen) atoms. The molecule has 1 fully saturated rings. The Balaban J connectivity index is 2.22. The summed E-state index contributed by atoms with van der Waals surface area (Å²) in [5.74, 6) is -0.304. The summed E-state index contributed by atoms with van der Waals surface area (Å²) in [6.45, 7) is 6.84. The minimum absolute atomic E-state index is 0.162. The molecule has 1 atom stereocenters. The predicted octanol–water partition coefficient (Wildman–Crippen LogP) is 3.68. The summed E-state index contributed by atoms with van der Waals surface area (Å²) in [5, 5.41) is 0. The molecule has 0 N–H and O–H groups in total. The van der Waals surface area contributed by atoms with Crippen molar-refractivity contribution in [3.05, 3.63) is 12.7 Å². The Kier molecular flexibility index (Phi) is 9.35. The molecule has 5 nitrogen and oxygen atoms in total. The minimum Gasteiger partial charge on any atom is -0.464 e. The number of carbonyl (C=O) groups is 2. The quantitative estimate of drug-likeness (QED) is 0.351. The molecule has 0 aromatic rings. The highest BCUT2D eigenvalue weighted by atomic mass is 16.6. The zero-order valence-electron chi connectivity index (χ0n) is 13.7. The smallest absolute Gasteiger partial charge is 0.410 e. The second-order valence-electron chi connectivity index (χ2n) is 5.65. The van der Waals surface area contributed by atoms with Gasteiger partial charge in [-0.1, -0.05) is 51.7 Å². The maximum absolute atomic E-state index is 12.1. The number of likely N-dealkylation sites (tertiary alicyclic amines) is 1. The van der Waals surface area contributed by atoms with Crippen LogP contribution in [0, 0.1) is 0 Å². The van der Waals surface area contributed by atoms with Gasteiger partial charge in [0.05, 0.1) is 6.61 Å². The molecule has 1 saturated heterocycles. The Morgan fingerprint density at radius 3 is 2.64 bits per heavy atom. The summed E-state index contributed by atoms with van der Waals surface area (Å²) in [4.78, 5) is 25.4. The Morgan fingerprint density at radius 2 is 1.91 bits per heavy atom. The highest BCUT2D eigenvalue weighted by molar-refractivity contribution is 5.82. The van der Waals surface area contributed by atoms with Crippen LogP contribution in [0.5, 0.6) is 0 Å². The fourth-order valence-electron chi connectivity index (χ4n) is 2.59. The van der Waals surface area contributed by atoms with Gasteiger partial charge in [0, 0.05) is 6.54 Å². The Bertz CT molecular complexity index is 357. The first-order chi connectivity index (χ1) is 10.7. The Hall–Kier alpha value is -1.52. The van der Waals surface area contributed by atoms with Gasteiger partial charge in [-0.15, -0.1) is 0 Å². The normalized spacial score (nSPS) is 17.3.